The predicted octanol–water partition coefficient (Wildman–Crippen LogP) is 3.65. The molecule has 5 rings (SSSR count). The number of anilines is 2. The molecule has 1 amide bonds. The van der Waals surface area contributed by atoms with Crippen molar-refractivity contribution in [3.8, 4) is 5.69 Å². The molecule has 40 heavy (non-hydrogen) atoms. The van der Waals surface area contributed by atoms with Crippen molar-refractivity contribution in [1.82, 2.24) is 18.7 Å². The van der Waals surface area contributed by atoms with Crippen molar-refractivity contribution < 1.29 is 9.53 Å². The molecule has 0 unspecified atom stereocenters. The number of nitrogens with one attached hydrogen (secondary N) is 1. The molecule has 3 aromatic heterocycles. The van der Waals surface area contributed by atoms with Gasteiger partial charge in [0.1, 0.15) is 17.2 Å². The minimum Gasteiger partial charge on any atom is -0.385 e. The molecular weight excluding hydrogens is 548 g/mol. The van der Waals surface area contributed by atoms with E-state index in [4.69, 9.17) is 17.0 Å². The number of benzene rings is 1. The summed E-state index contributed by atoms with van der Waals surface area (Å²) >= 11 is 6.63. The average molecular weight is 577 g/mol. The molecule has 0 radical (unpaired) electrons. The van der Waals surface area contributed by atoms with Crippen molar-refractivity contribution in [3.63, 3.8) is 0 Å². The average Bonchev–Trinajstić information content (AvgIpc) is 3.33. The second kappa shape index (κ2) is 11.2. The van der Waals surface area contributed by atoms with E-state index in [0.717, 1.165) is 17.3 Å². The van der Waals surface area contributed by atoms with E-state index in [0.29, 0.717) is 42.4 Å². The number of rotatable bonds is 8. The number of ether oxygens (including phenoxy) is 1. The number of thiocarbonyl (C=S) groups is 1. The first kappa shape index (κ1) is 27.6. The highest BCUT2D eigenvalue weighted by Crippen LogP contribution is 2.36. The quantitative estimate of drug-likeness (QED) is 0.193. The molecule has 1 N–H and O–H groups in total. The standard InChI is InChI=1S/C28H28N6O4S2/c1-17-11-12-22-30-24(29-13-8-14-38-4)20(25(35)32(22)16-17)15-21-26(36)33(28(39)40-21)23-18(2)31(3)34(27(23)37)19-9-6-5-7-10-19/h5-7,9-12,15-16,29H,8,13-14H2,1-4H3. The lowest BCUT2D eigenvalue weighted by Crippen LogP contribution is -2.33. The van der Waals surface area contributed by atoms with Gasteiger partial charge < -0.3 is 10.1 Å². The lowest BCUT2D eigenvalue weighted by Gasteiger charge is -2.13. The molecule has 0 spiro atoms. The van der Waals surface area contributed by atoms with Gasteiger partial charge in [0.15, 0.2) is 4.32 Å². The smallest absolute Gasteiger partial charge is 0.296 e. The van der Waals surface area contributed by atoms with Crippen molar-refractivity contribution in [2.24, 2.45) is 7.05 Å². The van der Waals surface area contributed by atoms with Crippen molar-refractivity contribution in [1.29, 1.82) is 0 Å². The largest absolute Gasteiger partial charge is 0.385 e. The summed E-state index contributed by atoms with van der Waals surface area (Å²) in [6.45, 7) is 4.72. The van der Waals surface area contributed by atoms with E-state index in [-0.39, 0.29) is 31.6 Å². The number of para-hydroxylation sites is 1. The van der Waals surface area contributed by atoms with Gasteiger partial charge in [-0.05, 0) is 50.1 Å². The van der Waals surface area contributed by atoms with Crippen LogP contribution in [0.2, 0.25) is 0 Å². The summed E-state index contributed by atoms with van der Waals surface area (Å²) in [5.74, 6) is -0.113. The number of aromatic nitrogens is 4. The summed E-state index contributed by atoms with van der Waals surface area (Å²) in [5, 5.41) is 3.21. The van der Waals surface area contributed by atoms with Gasteiger partial charge in [-0.25, -0.2) is 9.67 Å². The van der Waals surface area contributed by atoms with E-state index in [2.05, 4.69) is 10.3 Å². The van der Waals surface area contributed by atoms with Gasteiger partial charge in [-0.2, -0.15) is 0 Å². The number of thioether (sulfide) groups is 1. The van der Waals surface area contributed by atoms with Crippen LogP contribution in [0.25, 0.3) is 17.4 Å². The summed E-state index contributed by atoms with van der Waals surface area (Å²) in [7, 11) is 3.38. The lowest BCUT2D eigenvalue weighted by atomic mass is 10.2. The molecule has 0 aliphatic carbocycles. The van der Waals surface area contributed by atoms with E-state index in [1.54, 1.807) is 38.0 Å². The van der Waals surface area contributed by atoms with Gasteiger partial charge in [-0.1, -0.05) is 48.2 Å². The van der Waals surface area contributed by atoms with Crippen LogP contribution in [0.1, 0.15) is 23.2 Å². The van der Waals surface area contributed by atoms with Gasteiger partial charge in [0.25, 0.3) is 17.0 Å². The number of hydrogen-bond donors (Lipinski definition) is 1. The van der Waals surface area contributed by atoms with Gasteiger partial charge in [0.2, 0.25) is 0 Å². The fraction of sp³-hybridized carbons (Fsp3) is 0.250. The van der Waals surface area contributed by atoms with Crippen LogP contribution in [-0.4, -0.2) is 49.2 Å². The number of fused-ring (bicyclic) bond motifs is 1. The lowest BCUT2D eigenvalue weighted by molar-refractivity contribution is -0.113. The SMILES string of the molecule is COCCCNc1nc2ccc(C)cn2c(=O)c1C=C1SC(=S)N(c2c(C)n(C)n(-c3ccccc3)c2=O)C1=O. The Morgan fingerprint density at radius 2 is 1.82 bits per heavy atom. The van der Waals surface area contributed by atoms with E-state index in [1.807, 2.05) is 43.3 Å². The second-order valence-corrected chi connectivity index (χ2v) is 11.0. The molecule has 1 aliphatic heterocycles. The van der Waals surface area contributed by atoms with Crippen molar-refractivity contribution in [2.75, 3.05) is 30.5 Å². The minimum absolute atomic E-state index is 0.180. The van der Waals surface area contributed by atoms with Crippen LogP contribution in [0.4, 0.5) is 11.5 Å². The Labute approximate surface area is 239 Å². The van der Waals surface area contributed by atoms with E-state index in [1.165, 1.54) is 20.1 Å². The summed E-state index contributed by atoms with van der Waals surface area (Å²) in [6, 6.07) is 12.8. The Hall–Kier alpha value is -4.00. The maximum Gasteiger partial charge on any atom is 0.296 e. The van der Waals surface area contributed by atoms with Crippen LogP contribution >= 0.6 is 24.0 Å². The molecule has 4 aromatic rings. The predicted molar refractivity (Wildman–Crippen MR) is 163 cm³/mol. The highest BCUT2D eigenvalue weighted by Gasteiger charge is 2.38. The molecule has 0 bridgehead atoms. The van der Waals surface area contributed by atoms with Gasteiger partial charge in [-0.15, -0.1) is 0 Å². The third kappa shape index (κ3) is 4.89. The number of aryl methyl sites for hydroxylation is 1. The molecular formula is C28H28N6O4S2. The van der Waals surface area contributed by atoms with E-state index in [9.17, 15) is 14.4 Å². The fourth-order valence-electron chi connectivity index (χ4n) is 4.55. The van der Waals surface area contributed by atoms with Gasteiger partial charge in [0, 0.05) is 33.5 Å². The maximum atomic E-state index is 13.7. The topological polar surface area (TPSA) is 103 Å². The molecule has 1 fully saturated rings. The number of carbonyl (C=O) groups excluding carboxylic acids is 1. The first-order valence-electron chi connectivity index (χ1n) is 12.6. The Morgan fingerprint density at radius 3 is 2.55 bits per heavy atom. The van der Waals surface area contributed by atoms with E-state index < -0.39 is 5.91 Å². The highest BCUT2D eigenvalue weighted by molar-refractivity contribution is 8.27. The fourth-order valence-corrected chi connectivity index (χ4v) is 5.80. The Kier molecular flexibility index (Phi) is 7.74. The van der Waals surface area contributed by atoms with Crippen molar-refractivity contribution >= 4 is 57.4 Å². The van der Waals surface area contributed by atoms with Gasteiger partial charge in [0.05, 0.1) is 21.8 Å². The molecule has 1 saturated heterocycles. The second-order valence-electron chi connectivity index (χ2n) is 9.31. The molecule has 10 nitrogen and oxygen atoms in total. The zero-order chi connectivity index (χ0) is 28.6. The van der Waals surface area contributed by atoms with Gasteiger partial charge >= 0.3 is 0 Å². The first-order chi connectivity index (χ1) is 19.2. The van der Waals surface area contributed by atoms with Crippen molar-refractivity contribution in [2.45, 2.75) is 20.3 Å². The van der Waals surface area contributed by atoms with Crippen LogP contribution in [0.5, 0.6) is 0 Å². The number of methoxy groups -OCH3 is 1. The third-order valence-electron chi connectivity index (χ3n) is 6.64. The molecule has 0 saturated carbocycles. The number of carbonyl (C=O) groups is 1. The molecule has 1 aromatic carbocycles. The Morgan fingerprint density at radius 1 is 1.07 bits per heavy atom. The monoisotopic (exact) mass is 576 g/mol. The summed E-state index contributed by atoms with van der Waals surface area (Å²) in [4.78, 5) is 47.1. The van der Waals surface area contributed by atoms with Crippen LogP contribution in [-0.2, 0) is 16.6 Å². The molecule has 12 heteroatoms. The van der Waals surface area contributed by atoms with Crippen LogP contribution in [0.3, 0.4) is 0 Å². The summed E-state index contributed by atoms with van der Waals surface area (Å²) in [5.41, 5.74) is 2.34. The van der Waals surface area contributed by atoms with Gasteiger partial charge in [-0.3, -0.25) is 28.4 Å². The summed E-state index contributed by atoms with van der Waals surface area (Å²) < 4.78 is 9.99. The normalized spacial score (nSPS) is 14.6. The number of amides is 1. The Balaban J connectivity index is 1.59. The molecule has 0 atom stereocenters. The third-order valence-corrected chi connectivity index (χ3v) is 7.94. The van der Waals surface area contributed by atoms with Crippen LogP contribution in [0, 0.1) is 13.8 Å². The molecule has 1 aliphatic rings. The summed E-state index contributed by atoms with van der Waals surface area (Å²) in [6.07, 6.45) is 3.92. The maximum absolute atomic E-state index is 13.7. The highest BCUT2D eigenvalue weighted by atomic mass is 32.2. The zero-order valence-corrected chi connectivity index (χ0v) is 24.1. The molecule has 206 valence electrons. The number of hydrogen-bond acceptors (Lipinski definition) is 8. The van der Waals surface area contributed by atoms with Crippen molar-refractivity contribution in [3.05, 3.63) is 91.1 Å². The zero-order valence-electron chi connectivity index (χ0n) is 22.5. The Bertz CT molecular complexity index is 1790. The van der Waals surface area contributed by atoms with Crippen LogP contribution in [0.15, 0.2) is 63.2 Å². The van der Waals surface area contributed by atoms with Crippen LogP contribution < -0.4 is 21.3 Å². The molecule has 4 heterocycles. The minimum atomic E-state index is -0.472. The number of pyridine rings is 1. The van der Waals surface area contributed by atoms with E-state index >= 15 is 0 Å². The number of nitrogens with zero attached hydrogens (tertiary/aromatic N) is 5. The first-order valence-corrected chi connectivity index (χ1v) is 13.8.